The molecule has 0 amide bonds. The van der Waals surface area contributed by atoms with Gasteiger partial charge in [-0.3, -0.25) is 0 Å². The lowest BCUT2D eigenvalue weighted by atomic mass is 9.90. The highest BCUT2D eigenvalue weighted by molar-refractivity contribution is 5.21. The van der Waals surface area contributed by atoms with Crippen LogP contribution in [0, 0.1) is 0 Å². The molecule has 2 heterocycles. The molecule has 0 radical (unpaired) electrons. The van der Waals surface area contributed by atoms with Crippen molar-refractivity contribution in [1.29, 1.82) is 0 Å². The van der Waals surface area contributed by atoms with Crippen molar-refractivity contribution in [2.75, 3.05) is 26.2 Å². The van der Waals surface area contributed by atoms with Gasteiger partial charge in [-0.2, -0.15) is 0 Å². The molecule has 104 valence electrons. The maximum absolute atomic E-state index is 3.74. The molecule has 2 aliphatic rings. The largest absolute Gasteiger partial charge is 0.310 e. The van der Waals surface area contributed by atoms with Crippen molar-refractivity contribution in [2.24, 2.45) is 0 Å². The molecule has 1 aromatic carbocycles. The minimum Gasteiger partial charge on any atom is -0.310 e. The van der Waals surface area contributed by atoms with Gasteiger partial charge in [-0.25, -0.2) is 0 Å². The van der Waals surface area contributed by atoms with Gasteiger partial charge in [0.05, 0.1) is 0 Å². The summed E-state index contributed by atoms with van der Waals surface area (Å²) in [4.78, 5) is 2.66. The summed E-state index contributed by atoms with van der Waals surface area (Å²) >= 11 is 0. The van der Waals surface area contributed by atoms with Gasteiger partial charge in [0, 0.05) is 18.6 Å². The highest BCUT2D eigenvalue weighted by atomic mass is 15.2. The molecule has 0 aliphatic carbocycles. The molecule has 2 atom stereocenters. The Morgan fingerprint density at radius 2 is 2.11 bits per heavy atom. The second-order valence-electron chi connectivity index (χ2n) is 6.58. The van der Waals surface area contributed by atoms with Crippen molar-refractivity contribution in [2.45, 2.75) is 44.1 Å². The van der Waals surface area contributed by atoms with Crippen molar-refractivity contribution in [1.82, 2.24) is 10.2 Å². The van der Waals surface area contributed by atoms with Crippen LogP contribution in [0.15, 0.2) is 30.3 Å². The Morgan fingerprint density at radius 3 is 2.84 bits per heavy atom. The predicted octanol–water partition coefficient (Wildman–Crippen LogP) is 3.01. The van der Waals surface area contributed by atoms with Gasteiger partial charge in [0.15, 0.2) is 0 Å². The molecule has 1 N–H and O–H groups in total. The van der Waals surface area contributed by atoms with Crippen molar-refractivity contribution in [3.63, 3.8) is 0 Å². The molecule has 2 aliphatic heterocycles. The van der Waals surface area contributed by atoms with E-state index in [9.17, 15) is 0 Å². The summed E-state index contributed by atoms with van der Waals surface area (Å²) in [5.41, 5.74) is 1.87. The number of piperidine rings is 1. The first-order chi connectivity index (χ1) is 9.25. The van der Waals surface area contributed by atoms with E-state index in [1.54, 1.807) is 0 Å². The Hall–Kier alpha value is -0.860. The highest BCUT2D eigenvalue weighted by Crippen LogP contribution is 2.29. The van der Waals surface area contributed by atoms with E-state index in [1.165, 1.54) is 57.4 Å². The monoisotopic (exact) mass is 258 g/mol. The minimum absolute atomic E-state index is 0.351. The van der Waals surface area contributed by atoms with E-state index in [4.69, 9.17) is 0 Å². The Bertz CT molecular complexity index is 395. The molecular weight excluding hydrogens is 232 g/mol. The fourth-order valence-electron chi connectivity index (χ4n) is 3.72. The maximum atomic E-state index is 3.74. The quantitative estimate of drug-likeness (QED) is 0.896. The summed E-state index contributed by atoms with van der Waals surface area (Å²) in [7, 11) is 0. The molecule has 2 heteroatoms. The summed E-state index contributed by atoms with van der Waals surface area (Å²) in [6, 6.07) is 11.0. The van der Waals surface area contributed by atoms with Crippen molar-refractivity contribution >= 4 is 0 Å². The molecule has 2 unspecified atom stereocenters. The number of nitrogens with zero attached hydrogens (tertiary/aromatic N) is 1. The van der Waals surface area contributed by atoms with E-state index in [2.05, 4.69) is 47.5 Å². The van der Waals surface area contributed by atoms with E-state index >= 15 is 0 Å². The van der Waals surface area contributed by atoms with Crippen LogP contribution in [-0.4, -0.2) is 36.6 Å². The molecular formula is C17H26N2. The molecule has 0 saturated carbocycles. The number of benzene rings is 1. The Kier molecular flexibility index (Phi) is 3.90. The van der Waals surface area contributed by atoms with Gasteiger partial charge >= 0.3 is 0 Å². The number of likely N-dealkylation sites (tertiary alicyclic amines) is 1. The van der Waals surface area contributed by atoms with Crippen LogP contribution >= 0.6 is 0 Å². The number of rotatable bonds is 3. The Balaban J connectivity index is 1.57. The summed E-state index contributed by atoms with van der Waals surface area (Å²) in [6.07, 6.45) is 5.39. The first-order valence-corrected chi connectivity index (χ1v) is 7.78. The third-order valence-electron chi connectivity index (χ3n) is 4.82. The fraction of sp³-hybridized carbons (Fsp3) is 0.647. The third-order valence-corrected chi connectivity index (χ3v) is 4.82. The summed E-state index contributed by atoms with van der Waals surface area (Å²) in [6.45, 7) is 7.32. The van der Waals surface area contributed by atoms with Crippen LogP contribution in [0.3, 0.4) is 0 Å². The second-order valence-corrected chi connectivity index (χ2v) is 6.58. The van der Waals surface area contributed by atoms with Gasteiger partial charge < -0.3 is 10.2 Å². The Labute approximate surface area is 117 Å². The van der Waals surface area contributed by atoms with Crippen LogP contribution in [0.25, 0.3) is 0 Å². The molecule has 2 fully saturated rings. The lowest BCUT2D eigenvalue weighted by Crippen LogP contribution is -2.53. The summed E-state index contributed by atoms with van der Waals surface area (Å²) in [5.74, 6) is 0.744. The smallest absolute Gasteiger partial charge is 0.0280 e. The minimum atomic E-state index is 0.351. The van der Waals surface area contributed by atoms with Crippen LogP contribution < -0.4 is 5.32 Å². The number of nitrogens with one attached hydrogen (secondary N) is 1. The zero-order valence-electron chi connectivity index (χ0n) is 12.1. The number of hydrogen-bond acceptors (Lipinski definition) is 2. The van der Waals surface area contributed by atoms with E-state index in [0.717, 1.165) is 5.92 Å². The average Bonchev–Trinajstić information content (AvgIpc) is 2.88. The fourth-order valence-corrected chi connectivity index (χ4v) is 3.72. The molecule has 19 heavy (non-hydrogen) atoms. The third kappa shape index (κ3) is 3.18. The van der Waals surface area contributed by atoms with Crippen LogP contribution in [0.2, 0.25) is 0 Å². The van der Waals surface area contributed by atoms with Gasteiger partial charge in [0.1, 0.15) is 0 Å². The van der Waals surface area contributed by atoms with Gasteiger partial charge in [-0.15, -0.1) is 0 Å². The maximum Gasteiger partial charge on any atom is 0.0280 e. The normalized spacial score (nSPS) is 32.6. The summed E-state index contributed by atoms with van der Waals surface area (Å²) in [5, 5.41) is 3.74. The van der Waals surface area contributed by atoms with Crippen LogP contribution in [0.1, 0.15) is 44.1 Å². The van der Waals surface area contributed by atoms with Crippen molar-refractivity contribution < 1.29 is 0 Å². The standard InChI is InChI=1S/C17H26N2/c1-17(10-5-6-11-18-17)14-19-12-9-16(13-19)15-7-3-2-4-8-15/h2-4,7-8,16,18H,5-6,9-14H2,1H3. The second kappa shape index (κ2) is 5.64. The number of hydrogen-bond donors (Lipinski definition) is 1. The van der Waals surface area contributed by atoms with Crippen molar-refractivity contribution in [3.05, 3.63) is 35.9 Å². The zero-order valence-corrected chi connectivity index (χ0v) is 12.1. The van der Waals surface area contributed by atoms with E-state index < -0.39 is 0 Å². The molecule has 0 aromatic heterocycles. The first-order valence-electron chi connectivity index (χ1n) is 7.78. The molecule has 2 nitrogen and oxygen atoms in total. The van der Waals surface area contributed by atoms with Crippen LogP contribution in [0.5, 0.6) is 0 Å². The van der Waals surface area contributed by atoms with Gasteiger partial charge in [-0.05, 0) is 50.8 Å². The predicted molar refractivity (Wildman–Crippen MR) is 80.5 cm³/mol. The van der Waals surface area contributed by atoms with Gasteiger partial charge in [0.2, 0.25) is 0 Å². The Morgan fingerprint density at radius 1 is 1.26 bits per heavy atom. The highest BCUT2D eigenvalue weighted by Gasteiger charge is 2.32. The molecule has 2 saturated heterocycles. The van der Waals surface area contributed by atoms with Crippen LogP contribution in [0.4, 0.5) is 0 Å². The first kappa shape index (κ1) is 13.1. The SMILES string of the molecule is CC1(CN2CCC(c3ccccc3)C2)CCCCN1. The molecule has 0 spiro atoms. The van der Waals surface area contributed by atoms with Gasteiger partial charge in [-0.1, -0.05) is 36.8 Å². The summed E-state index contributed by atoms with van der Waals surface area (Å²) < 4.78 is 0. The lowest BCUT2D eigenvalue weighted by Gasteiger charge is -2.38. The van der Waals surface area contributed by atoms with Gasteiger partial charge in [0.25, 0.3) is 0 Å². The molecule has 3 rings (SSSR count). The van der Waals surface area contributed by atoms with Crippen molar-refractivity contribution in [3.8, 4) is 0 Å². The molecule has 1 aromatic rings. The zero-order chi connectivity index (χ0) is 13.1. The van der Waals surface area contributed by atoms with E-state index in [0.29, 0.717) is 5.54 Å². The van der Waals surface area contributed by atoms with E-state index in [1.807, 2.05) is 0 Å². The molecule has 0 bridgehead atoms. The van der Waals surface area contributed by atoms with Crippen LogP contribution in [-0.2, 0) is 0 Å². The lowest BCUT2D eigenvalue weighted by molar-refractivity contribution is 0.185. The van der Waals surface area contributed by atoms with E-state index in [-0.39, 0.29) is 0 Å². The average molecular weight is 258 g/mol. The topological polar surface area (TPSA) is 15.3 Å².